The van der Waals surface area contributed by atoms with Crippen LogP contribution in [0.1, 0.15) is 30.9 Å². The zero-order valence-corrected chi connectivity index (χ0v) is 14.8. The van der Waals surface area contributed by atoms with Crippen molar-refractivity contribution < 1.29 is 4.79 Å². The molecule has 0 saturated carbocycles. The van der Waals surface area contributed by atoms with Gasteiger partial charge in [-0.1, -0.05) is 54.1 Å². The largest absolute Gasteiger partial charge is 0.340 e. The van der Waals surface area contributed by atoms with Crippen LogP contribution in [0.4, 0.5) is 0 Å². The van der Waals surface area contributed by atoms with Gasteiger partial charge in [-0.3, -0.25) is 4.79 Å². The van der Waals surface area contributed by atoms with Crippen molar-refractivity contribution in [1.29, 1.82) is 0 Å². The fourth-order valence-electron chi connectivity index (χ4n) is 3.44. The summed E-state index contributed by atoms with van der Waals surface area (Å²) in [5.41, 5.74) is 7.82. The average molecular weight is 343 g/mol. The SMILES string of the molecule is CC(C)(C(=O)N1C[C@@H](N)[C@H](c2ccccc2)C1)c1cccc(Cl)c1. The van der Waals surface area contributed by atoms with E-state index in [-0.39, 0.29) is 17.9 Å². The molecule has 1 amide bonds. The van der Waals surface area contributed by atoms with Gasteiger partial charge in [-0.05, 0) is 37.1 Å². The Morgan fingerprint density at radius 2 is 1.83 bits per heavy atom. The Labute approximate surface area is 148 Å². The lowest BCUT2D eigenvalue weighted by Gasteiger charge is -2.30. The van der Waals surface area contributed by atoms with E-state index in [0.29, 0.717) is 18.1 Å². The monoisotopic (exact) mass is 342 g/mol. The van der Waals surface area contributed by atoms with Crippen LogP contribution in [-0.4, -0.2) is 29.9 Å². The first-order valence-electron chi connectivity index (χ1n) is 8.25. The highest BCUT2D eigenvalue weighted by Gasteiger charge is 2.40. The third-order valence-corrected chi connectivity index (χ3v) is 5.20. The number of hydrogen-bond donors (Lipinski definition) is 1. The maximum atomic E-state index is 13.1. The van der Waals surface area contributed by atoms with Crippen molar-refractivity contribution in [2.24, 2.45) is 5.73 Å². The van der Waals surface area contributed by atoms with Crippen molar-refractivity contribution in [3.05, 3.63) is 70.7 Å². The lowest BCUT2D eigenvalue weighted by atomic mass is 9.83. The topological polar surface area (TPSA) is 46.3 Å². The first kappa shape index (κ1) is 17.0. The van der Waals surface area contributed by atoms with Crippen LogP contribution in [0.3, 0.4) is 0 Å². The minimum Gasteiger partial charge on any atom is -0.340 e. The third kappa shape index (κ3) is 3.19. The standard InChI is InChI=1S/C20H23ClN2O/c1-20(2,15-9-6-10-16(21)11-15)19(24)23-12-17(18(22)13-23)14-7-4-3-5-8-14/h3-11,17-18H,12-13,22H2,1-2H3/t17-,18+/m0/s1. The van der Waals surface area contributed by atoms with E-state index in [2.05, 4.69) is 12.1 Å². The van der Waals surface area contributed by atoms with Gasteiger partial charge in [-0.15, -0.1) is 0 Å². The molecule has 1 aliphatic heterocycles. The molecule has 2 aromatic rings. The van der Waals surface area contributed by atoms with Gasteiger partial charge in [-0.25, -0.2) is 0 Å². The summed E-state index contributed by atoms with van der Waals surface area (Å²) in [7, 11) is 0. The van der Waals surface area contributed by atoms with Gasteiger partial charge in [0.15, 0.2) is 0 Å². The summed E-state index contributed by atoms with van der Waals surface area (Å²) in [5, 5.41) is 0.647. The number of amides is 1. The Hall–Kier alpha value is -1.84. The fraction of sp³-hybridized carbons (Fsp3) is 0.350. The normalized spacial score (nSPS) is 21.1. The molecule has 0 radical (unpaired) electrons. The van der Waals surface area contributed by atoms with Gasteiger partial charge >= 0.3 is 0 Å². The zero-order valence-electron chi connectivity index (χ0n) is 14.1. The van der Waals surface area contributed by atoms with Gasteiger partial charge in [-0.2, -0.15) is 0 Å². The van der Waals surface area contributed by atoms with E-state index in [1.807, 2.05) is 61.2 Å². The Morgan fingerprint density at radius 3 is 2.50 bits per heavy atom. The predicted octanol–water partition coefficient (Wildman–Crippen LogP) is 3.57. The average Bonchev–Trinajstić information content (AvgIpc) is 2.96. The number of rotatable bonds is 3. The molecule has 2 atom stereocenters. The molecule has 126 valence electrons. The van der Waals surface area contributed by atoms with Gasteiger partial charge in [0, 0.05) is 30.1 Å². The quantitative estimate of drug-likeness (QED) is 0.926. The highest BCUT2D eigenvalue weighted by molar-refractivity contribution is 6.30. The summed E-state index contributed by atoms with van der Waals surface area (Å²) < 4.78 is 0. The van der Waals surface area contributed by atoms with Crippen molar-refractivity contribution in [2.75, 3.05) is 13.1 Å². The van der Waals surface area contributed by atoms with Crippen LogP contribution >= 0.6 is 11.6 Å². The van der Waals surface area contributed by atoms with Gasteiger partial charge in [0.2, 0.25) is 5.91 Å². The molecular formula is C20H23ClN2O. The van der Waals surface area contributed by atoms with Crippen molar-refractivity contribution in [2.45, 2.75) is 31.2 Å². The molecule has 24 heavy (non-hydrogen) atoms. The third-order valence-electron chi connectivity index (χ3n) is 4.96. The lowest BCUT2D eigenvalue weighted by Crippen LogP contribution is -2.43. The highest BCUT2D eigenvalue weighted by atomic mass is 35.5. The molecular weight excluding hydrogens is 320 g/mol. The van der Waals surface area contributed by atoms with E-state index in [1.165, 1.54) is 5.56 Å². The van der Waals surface area contributed by atoms with E-state index >= 15 is 0 Å². The van der Waals surface area contributed by atoms with E-state index in [1.54, 1.807) is 0 Å². The fourth-order valence-corrected chi connectivity index (χ4v) is 3.63. The van der Waals surface area contributed by atoms with Crippen LogP contribution < -0.4 is 5.73 Å². The van der Waals surface area contributed by atoms with Gasteiger partial charge in [0.25, 0.3) is 0 Å². The first-order chi connectivity index (χ1) is 11.4. The van der Waals surface area contributed by atoms with Gasteiger partial charge in [0.1, 0.15) is 0 Å². The van der Waals surface area contributed by atoms with E-state index in [4.69, 9.17) is 17.3 Å². The van der Waals surface area contributed by atoms with Gasteiger partial charge < -0.3 is 10.6 Å². The van der Waals surface area contributed by atoms with Crippen molar-refractivity contribution in [3.63, 3.8) is 0 Å². The van der Waals surface area contributed by atoms with Crippen molar-refractivity contribution in [1.82, 2.24) is 4.90 Å². The molecule has 1 fully saturated rings. The molecule has 3 rings (SSSR count). The number of carbonyl (C=O) groups is 1. The van der Waals surface area contributed by atoms with Crippen LogP contribution in [-0.2, 0) is 10.2 Å². The number of nitrogens with zero attached hydrogens (tertiary/aromatic N) is 1. The summed E-state index contributed by atoms with van der Waals surface area (Å²) in [6, 6.07) is 17.7. The van der Waals surface area contributed by atoms with E-state index in [0.717, 1.165) is 5.56 Å². The Bertz CT molecular complexity index is 729. The number of benzene rings is 2. The maximum Gasteiger partial charge on any atom is 0.232 e. The van der Waals surface area contributed by atoms with Crippen molar-refractivity contribution >= 4 is 17.5 Å². The first-order valence-corrected chi connectivity index (χ1v) is 8.63. The molecule has 0 spiro atoms. The van der Waals surface area contributed by atoms with Crippen LogP contribution in [0.5, 0.6) is 0 Å². The summed E-state index contributed by atoms with van der Waals surface area (Å²) in [6.45, 7) is 5.14. The molecule has 0 bridgehead atoms. The summed E-state index contributed by atoms with van der Waals surface area (Å²) in [4.78, 5) is 15.0. The minimum atomic E-state index is -0.629. The summed E-state index contributed by atoms with van der Waals surface area (Å²) >= 11 is 6.10. The number of carbonyl (C=O) groups excluding carboxylic acids is 1. The van der Waals surface area contributed by atoms with Crippen LogP contribution in [0.2, 0.25) is 5.02 Å². The minimum absolute atomic E-state index is 0.0356. The zero-order chi connectivity index (χ0) is 17.3. The Morgan fingerprint density at radius 1 is 1.12 bits per heavy atom. The summed E-state index contributed by atoms with van der Waals surface area (Å²) in [6.07, 6.45) is 0. The summed E-state index contributed by atoms with van der Waals surface area (Å²) in [5.74, 6) is 0.281. The molecule has 1 saturated heterocycles. The molecule has 1 aliphatic rings. The molecule has 0 aromatic heterocycles. The van der Waals surface area contributed by atoms with Crippen LogP contribution in [0, 0.1) is 0 Å². The molecule has 0 aliphatic carbocycles. The van der Waals surface area contributed by atoms with Crippen molar-refractivity contribution in [3.8, 4) is 0 Å². The molecule has 0 unspecified atom stereocenters. The lowest BCUT2D eigenvalue weighted by molar-refractivity contribution is -0.135. The molecule has 2 N–H and O–H groups in total. The molecule has 4 heteroatoms. The highest BCUT2D eigenvalue weighted by Crippen LogP contribution is 2.32. The number of nitrogens with two attached hydrogens (primary N) is 1. The van der Waals surface area contributed by atoms with Gasteiger partial charge in [0.05, 0.1) is 5.41 Å². The second-order valence-electron chi connectivity index (χ2n) is 7.03. The number of hydrogen-bond acceptors (Lipinski definition) is 2. The molecule has 3 nitrogen and oxygen atoms in total. The van der Waals surface area contributed by atoms with E-state index < -0.39 is 5.41 Å². The molecule has 2 aromatic carbocycles. The Kier molecular flexibility index (Phi) is 4.66. The second kappa shape index (κ2) is 6.58. The number of halogens is 1. The predicted molar refractivity (Wildman–Crippen MR) is 98.2 cm³/mol. The smallest absolute Gasteiger partial charge is 0.232 e. The maximum absolute atomic E-state index is 13.1. The van der Waals surface area contributed by atoms with Crippen LogP contribution in [0.25, 0.3) is 0 Å². The second-order valence-corrected chi connectivity index (χ2v) is 7.46. The van der Waals surface area contributed by atoms with Crippen LogP contribution in [0.15, 0.2) is 54.6 Å². The Balaban J connectivity index is 1.81. The number of likely N-dealkylation sites (tertiary alicyclic amines) is 1. The molecule has 1 heterocycles. The van der Waals surface area contributed by atoms with E-state index in [9.17, 15) is 4.79 Å².